The van der Waals surface area contributed by atoms with Crippen LogP contribution in [0.15, 0.2) is 40.8 Å². The third kappa shape index (κ3) is 5.54. The van der Waals surface area contributed by atoms with Crippen LogP contribution in [0.4, 0.5) is 0 Å². The first kappa shape index (κ1) is 18.8. The van der Waals surface area contributed by atoms with E-state index in [1.54, 1.807) is 0 Å². The zero-order valence-corrected chi connectivity index (χ0v) is 15.5. The molecule has 1 atom stereocenters. The van der Waals surface area contributed by atoms with Gasteiger partial charge in [-0.05, 0) is 69.1 Å². The third-order valence-corrected chi connectivity index (χ3v) is 4.85. The Morgan fingerprint density at radius 1 is 1.32 bits per heavy atom. The van der Waals surface area contributed by atoms with Crippen LogP contribution in [-0.2, 0) is 0 Å². The summed E-state index contributed by atoms with van der Waals surface area (Å²) in [6, 6.07) is 0. The highest BCUT2D eigenvalue weighted by molar-refractivity contribution is 5.35. The van der Waals surface area contributed by atoms with Gasteiger partial charge in [-0.1, -0.05) is 38.8 Å². The first-order chi connectivity index (χ1) is 10.5. The Morgan fingerprint density at radius 3 is 2.68 bits per heavy atom. The third-order valence-electron chi connectivity index (χ3n) is 4.85. The van der Waals surface area contributed by atoms with Crippen molar-refractivity contribution in [3.8, 4) is 0 Å². The summed E-state index contributed by atoms with van der Waals surface area (Å²) < 4.78 is 0. The number of likely N-dealkylation sites (N-methyl/N-ethyl adjacent to an activating group) is 1. The van der Waals surface area contributed by atoms with Gasteiger partial charge in [-0.3, -0.25) is 0 Å². The molecule has 1 heteroatoms. The number of rotatable bonds is 7. The summed E-state index contributed by atoms with van der Waals surface area (Å²) >= 11 is 0. The van der Waals surface area contributed by atoms with Crippen LogP contribution in [0.1, 0.15) is 72.6 Å². The van der Waals surface area contributed by atoms with Gasteiger partial charge in [0, 0.05) is 19.3 Å². The van der Waals surface area contributed by atoms with E-state index in [1.807, 2.05) is 0 Å². The Balaban J connectivity index is 2.96. The van der Waals surface area contributed by atoms with Gasteiger partial charge in [0.15, 0.2) is 0 Å². The van der Waals surface area contributed by atoms with E-state index in [2.05, 4.69) is 58.0 Å². The molecule has 0 aromatic rings. The first-order valence-electron chi connectivity index (χ1n) is 9.01. The highest BCUT2D eigenvalue weighted by Gasteiger charge is 2.20. The van der Waals surface area contributed by atoms with Crippen molar-refractivity contribution < 1.29 is 0 Å². The summed E-state index contributed by atoms with van der Waals surface area (Å²) in [6.07, 6.45) is 10.6. The van der Waals surface area contributed by atoms with Crippen LogP contribution < -0.4 is 0 Å². The van der Waals surface area contributed by atoms with Crippen molar-refractivity contribution in [2.75, 3.05) is 13.6 Å². The van der Waals surface area contributed by atoms with Gasteiger partial charge >= 0.3 is 0 Å². The predicted octanol–water partition coefficient (Wildman–Crippen LogP) is 6.25. The van der Waals surface area contributed by atoms with Crippen LogP contribution in [0.25, 0.3) is 0 Å². The highest BCUT2D eigenvalue weighted by Crippen LogP contribution is 2.33. The lowest BCUT2D eigenvalue weighted by Gasteiger charge is -2.30. The summed E-state index contributed by atoms with van der Waals surface area (Å²) in [4.78, 5) is 2.37. The minimum atomic E-state index is 0.629. The van der Waals surface area contributed by atoms with Gasteiger partial charge in [0.25, 0.3) is 0 Å². The normalized spacial score (nSPS) is 19.3. The van der Waals surface area contributed by atoms with Crippen LogP contribution in [0.3, 0.4) is 0 Å². The maximum absolute atomic E-state index is 4.45. The van der Waals surface area contributed by atoms with E-state index in [4.69, 9.17) is 0 Å². The molecule has 1 aliphatic rings. The molecule has 0 N–H and O–H groups in total. The van der Waals surface area contributed by atoms with Crippen LogP contribution in [0.5, 0.6) is 0 Å². The molecule has 0 heterocycles. The summed E-state index contributed by atoms with van der Waals surface area (Å²) in [5.74, 6) is 0.629. The minimum Gasteiger partial charge on any atom is -0.375 e. The molecule has 0 aromatic heterocycles. The average Bonchev–Trinajstić information content (AvgIpc) is 2.56. The van der Waals surface area contributed by atoms with E-state index in [0.29, 0.717) is 5.92 Å². The summed E-state index contributed by atoms with van der Waals surface area (Å²) in [7, 11) is 2.21. The first-order valence-corrected chi connectivity index (χ1v) is 9.01. The lowest BCUT2D eigenvalue weighted by atomic mass is 9.85. The zero-order chi connectivity index (χ0) is 16.5. The predicted molar refractivity (Wildman–Crippen MR) is 98.9 cm³/mol. The molecular formula is C21H35N. The van der Waals surface area contributed by atoms with Gasteiger partial charge < -0.3 is 4.90 Å². The number of allylic oxidation sites excluding steroid dienone is 3. The van der Waals surface area contributed by atoms with Crippen LogP contribution in [0.2, 0.25) is 0 Å². The van der Waals surface area contributed by atoms with Crippen molar-refractivity contribution in [1.29, 1.82) is 0 Å². The van der Waals surface area contributed by atoms with Crippen molar-refractivity contribution in [2.45, 2.75) is 72.6 Å². The van der Waals surface area contributed by atoms with Gasteiger partial charge in [-0.25, -0.2) is 0 Å². The second-order valence-corrected chi connectivity index (χ2v) is 6.75. The van der Waals surface area contributed by atoms with Crippen molar-refractivity contribution >= 4 is 0 Å². The van der Waals surface area contributed by atoms with E-state index in [-0.39, 0.29) is 0 Å². The summed E-state index contributed by atoms with van der Waals surface area (Å²) in [6.45, 7) is 14.6. The minimum absolute atomic E-state index is 0.629. The van der Waals surface area contributed by atoms with Gasteiger partial charge in [0.05, 0.1) is 0 Å². The van der Waals surface area contributed by atoms with E-state index in [9.17, 15) is 0 Å². The van der Waals surface area contributed by atoms with Crippen molar-refractivity contribution in [3.05, 3.63) is 40.8 Å². The Bertz CT molecular complexity index is 460. The molecule has 124 valence electrons. The van der Waals surface area contributed by atoms with E-state index in [1.165, 1.54) is 54.5 Å². The monoisotopic (exact) mass is 301 g/mol. The van der Waals surface area contributed by atoms with Crippen LogP contribution in [-0.4, -0.2) is 18.5 Å². The summed E-state index contributed by atoms with van der Waals surface area (Å²) in [5.41, 5.74) is 9.05. The molecule has 0 fully saturated rings. The van der Waals surface area contributed by atoms with E-state index >= 15 is 0 Å². The summed E-state index contributed by atoms with van der Waals surface area (Å²) in [5, 5.41) is 0. The molecule has 1 aliphatic carbocycles. The van der Waals surface area contributed by atoms with E-state index in [0.717, 1.165) is 19.4 Å². The van der Waals surface area contributed by atoms with Gasteiger partial charge in [0.2, 0.25) is 0 Å². The van der Waals surface area contributed by atoms with Crippen molar-refractivity contribution in [3.63, 3.8) is 0 Å². The molecule has 1 rings (SSSR count). The second kappa shape index (κ2) is 9.74. The van der Waals surface area contributed by atoms with Crippen molar-refractivity contribution in [2.24, 2.45) is 5.92 Å². The Hall–Kier alpha value is -1.20. The number of unbranched alkanes of at least 4 members (excludes halogenated alkanes) is 2. The molecule has 22 heavy (non-hydrogen) atoms. The largest absolute Gasteiger partial charge is 0.375 e. The lowest BCUT2D eigenvalue weighted by molar-refractivity contribution is 0.391. The highest BCUT2D eigenvalue weighted by atomic mass is 15.1. The zero-order valence-electron chi connectivity index (χ0n) is 15.5. The molecule has 0 saturated carbocycles. The molecule has 0 amide bonds. The fourth-order valence-electron chi connectivity index (χ4n) is 3.27. The smallest absolute Gasteiger partial charge is 0.0325 e. The molecular weight excluding hydrogens is 266 g/mol. The fourth-order valence-corrected chi connectivity index (χ4v) is 3.27. The quantitative estimate of drug-likeness (QED) is 0.397. The Morgan fingerprint density at radius 2 is 2.05 bits per heavy atom. The molecule has 0 bridgehead atoms. The number of hydrogen-bond acceptors (Lipinski definition) is 1. The Kier molecular flexibility index (Phi) is 8.35. The van der Waals surface area contributed by atoms with E-state index < -0.39 is 0 Å². The SMILES string of the molecule is C=C(C1=C(C)CC=C=C(C)CCC1CC)N(C)CCCCC. The lowest BCUT2D eigenvalue weighted by Crippen LogP contribution is -2.23. The molecule has 1 unspecified atom stereocenters. The maximum atomic E-state index is 4.45. The van der Waals surface area contributed by atoms with Gasteiger partial charge in [-0.2, -0.15) is 0 Å². The molecule has 0 aliphatic heterocycles. The molecule has 0 spiro atoms. The molecule has 0 saturated heterocycles. The molecule has 1 nitrogen and oxygen atoms in total. The second-order valence-electron chi connectivity index (χ2n) is 6.75. The van der Waals surface area contributed by atoms with Gasteiger partial charge in [0.1, 0.15) is 0 Å². The standard InChI is InChI=1S/C21H35N/c1-7-9-10-16-22(6)19(5)21-18(4)13-11-12-17(3)14-15-20(21)8-2/h11,20H,5,7-10,13-16H2,1-4,6H3. The molecule has 0 aromatic carbocycles. The number of nitrogens with zero attached hydrogens (tertiary/aromatic N) is 1. The maximum Gasteiger partial charge on any atom is 0.0325 e. The van der Waals surface area contributed by atoms with Crippen LogP contribution >= 0.6 is 0 Å². The van der Waals surface area contributed by atoms with Gasteiger partial charge in [-0.15, -0.1) is 5.73 Å². The van der Waals surface area contributed by atoms with Crippen molar-refractivity contribution in [1.82, 2.24) is 4.90 Å². The Labute approximate surface area is 138 Å². The average molecular weight is 302 g/mol. The number of hydrogen-bond donors (Lipinski definition) is 0. The fraction of sp³-hybridized carbons (Fsp3) is 0.667. The molecule has 0 radical (unpaired) electrons. The topological polar surface area (TPSA) is 3.24 Å². The van der Waals surface area contributed by atoms with Crippen LogP contribution in [0, 0.1) is 5.92 Å².